The maximum absolute atomic E-state index is 12.9. The smallest absolute Gasteiger partial charge is 0.362 e. The van der Waals surface area contributed by atoms with Gasteiger partial charge in [-0.05, 0) is 42.4 Å². The largest absolute Gasteiger partial charge is 0.458 e. The van der Waals surface area contributed by atoms with E-state index in [0.717, 1.165) is 18.4 Å². The molecule has 1 saturated carbocycles. The number of hydrogen-bond donors (Lipinski definition) is 0. The molecule has 0 aliphatic heterocycles. The van der Waals surface area contributed by atoms with Crippen molar-refractivity contribution in [2.75, 3.05) is 20.6 Å². The Bertz CT molecular complexity index is 899. The number of likely N-dealkylation sites (N-methyl/N-ethyl adjacent to an activating group) is 1. The lowest BCUT2D eigenvalue weighted by Gasteiger charge is -2.38. The van der Waals surface area contributed by atoms with Crippen molar-refractivity contribution < 1.29 is 14.0 Å². The number of esters is 1. The number of nitrogens with zero attached hydrogens (tertiary/aromatic N) is 2. The third kappa shape index (κ3) is 6.42. The van der Waals surface area contributed by atoms with Crippen molar-refractivity contribution in [3.05, 3.63) is 71.3 Å². The van der Waals surface area contributed by atoms with Crippen molar-refractivity contribution >= 4 is 5.97 Å². The monoisotopic (exact) mass is 419 g/mol. The quantitative estimate of drug-likeness (QED) is 0.453. The predicted octanol–water partition coefficient (Wildman–Crippen LogP) is 5.29. The summed E-state index contributed by atoms with van der Waals surface area (Å²) >= 11 is 0. The molecule has 0 bridgehead atoms. The van der Waals surface area contributed by atoms with Crippen LogP contribution in [0.1, 0.15) is 55.7 Å². The van der Waals surface area contributed by atoms with Crippen LogP contribution in [0.2, 0.25) is 0 Å². The zero-order chi connectivity index (χ0) is 22.4. The van der Waals surface area contributed by atoms with Crippen LogP contribution >= 0.6 is 0 Å². The molecule has 0 amide bonds. The van der Waals surface area contributed by atoms with Gasteiger partial charge in [0, 0.05) is 11.5 Å². The molecule has 0 saturated heterocycles. The van der Waals surface area contributed by atoms with E-state index in [1.165, 1.54) is 12.0 Å². The van der Waals surface area contributed by atoms with Crippen LogP contribution in [0.5, 0.6) is 0 Å². The van der Waals surface area contributed by atoms with Crippen LogP contribution in [-0.4, -0.2) is 37.2 Å². The maximum Gasteiger partial charge on any atom is 0.362 e. The Hall–Kier alpha value is -2.64. The molecule has 0 radical (unpaired) electrons. The summed E-state index contributed by atoms with van der Waals surface area (Å²) in [6.07, 6.45) is 3.20. The first-order chi connectivity index (χ1) is 14.8. The molecule has 4 nitrogen and oxygen atoms in total. The second-order valence-electron chi connectivity index (χ2n) is 9.87. The first-order valence-corrected chi connectivity index (χ1v) is 11.3. The number of carbonyl (C=O) groups is 1. The highest BCUT2D eigenvalue weighted by Crippen LogP contribution is 2.39. The van der Waals surface area contributed by atoms with E-state index in [1.54, 1.807) is 0 Å². The number of benzene rings is 2. The van der Waals surface area contributed by atoms with Crippen LogP contribution in [0.4, 0.5) is 0 Å². The average Bonchev–Trinajstić information content (AvgIpc) is 2.74. The zero-order valence-electron chi connectivity index (χ0n) is 19.3. The van der Waals surface area contributed by atoms with Crippen molar-refractivity contribution in [3.8, 4) is 6.07 Å². The Morgan fingerprint density at radius 3 is 2.45 bits per heavy atom. The average molecular weight is 420 g/mol. The highest BCUT2D eigenvalue weighted by Gasteiger charge is 2.36. The van der Waals surface area contributed by atoms with Gasteiger partial charge >= 0.3 is 5.97 Å². The lowest BCUT2D eigenvalue weighted by Crippen LogP contribution is -2.45. The fourth-order valence-electron chi connectivity index (χ4n) is 4.85. The summed E-state index contributed by atoms with van der Waals surface area (Å²) in [6, 6.07) is 20.3. The molecule has 3 rings (SSSR count). The van der Waals surface area contributed by atoms with Crippen molar-refractivity contribution in [1.29, 1.82) is 5.26 Å². The molecule has 1 aliphatic carbocycles. The van der Waals surface area contributed by atoms with Crippen LogP contribution in [0, 0.1) is 23.2 Å². The van der Waals surface area contributed by atoms with Gasteiger partial charge < -0.3 is 9.22 Å². The Kier molecular flexibility index (Phi) is 7.51. The predicted molar refractivity (Wildman–Crippen MR) is 123 cm³/mol. The van der Waals surface area contributed by atoms with E-state index >= 15 is 0 Å². The molecule has 2 aromatic rings. The van der Waals surface area contributed by atoms with Gasteiger partial charge in [0.1, 0.15) is 12.6 Å². The number of rotatable bonds is 7. The van der Waals surface area contributed by atoms with Crippen LogP contribution in [-0.2, 0) is 16.1 Å². The summed E-state index contributed by atoms with van der Waals surface area (Å²) in [5, 5.41) is 8.97. The second-order valence-corrected chi connectivity index (χ2v) is 9.87. The summed E-state index contributed by atoms with van der Waals surface area (Å²) in [5.41, 5.74) is 3.08. The van der Waals surface area contributed by atoms with Gasteiger partial charge in [-0.2, -0.15) is 5.26 Å². The number of nitriles is 1. The van der Waals surface area contributed by atoms with Crippen molar-refractivity contribution in [2.45, 2.75) is 51.7 Å². The van der Waals surface area contributed by atoms with Gasteiger partial charge in [-0.25, -0.2) is 4.79 Å². The highest BCUT2D eigenvalue weighted by atomic mass is 16.5. The van der Waals surface area contributed by atoms with Gasteiger partial charge in [-0.15, -0.1) is 0 Å². The van der Waals surface area contributed by atoms with Gasteiger partial charge in [0.15, 0.2) is 6.54 Å². The number of quaternary nitrogens is 1. The van der Waals surface area contributed by atoms with E-state index in [-0.39, 0.29) is 12.1 Å². The van der Waals surface area contributed by atoms with Crippen molar-refractivity contribution in [1.82, 2.24) is 0 Å². The number of ether oxygens (including phenoxy) is 1. The molecule has 0 heterocycles. The summed E-state index contributed by atoms with van der Waals surface area (Å²) in [6.45, 7) is 5.57. The fourth-order valence-corrected chi connectivity index (χ4v) is 4.85. The molecule has 0 spiro atoms. The summed E-state index contributed by atoms with van der Waals surface area (Å²) in [4.78, 5) is 12.9. The minimum Gasteiger partial charge on any atom is -0.458 e. The molecule has 1 fully saturated rings. The van der Waals surface area contributed by atoms with Crippen molar-refractivity contribution in [2.24, 2.45) is 11.8 Å². The van der Waals surface area contributed by atoms with E-state index in [0.29, 0.717) is 40.9 Å². The third-order valence-corrected chi connectivity index (χ3v) is 6.61. The lowest BCUT2D eigenvalue weighted by atomic mass is 9.73. The lowest BCUT2D eigenvalue weighted by molar-refractivity contribution is -0.896. The van der Waals surface area contributed by atoms with Crippen LogP contribution in [0.3, 0.4) is 0 Å². The molecule has 164 valence electrons. The molecule has 31 heavy (non-hydrogen) atoms. The summed E-state index contributed by atoms with van der Waals surface area (Å²) in [5.74, 6) is 1.19. The molecular formula is C27H35N2O2+. The standard InChI is InChI=1S/C27H35N2O2/c1-20-10-15-25(21(2)24-8-6-5-7-9-24)26(16-20)31-27(30)19-29(3,4)18-23-13-11-22(17-28)12-14-23/h5-9,11-14,20-21,25-26H,10,15-16,18-19H2,1-4H3/q+1/t20-,21-,25+,26-/m1/s1. The van der Waals surface area contributed by atoms with E-state index in [9.17, 15) is 4.79 Å². The highest BCUT2D eigenvalue weighted by molar-refractivity contribution is 5.70. The third-order valence-electron chi connectivity index (χ3n) is 6.61. The Morgan fingerprint density at radius 2 is 1.81 bits per heavy atom. The first-order valence-electron chi connectivity index (χ1n) is 11.3. The van der Waals surface area contributed by atoms with E-state index in [4.69, 9.17) is 10.00 Å². The van der Waals surface area contributed by atoms with E-state index in [1.807, 2.05) is 44.4 Å². The van der Waals surface area contributed by atoms with Crippen LogP contribution in [0.15, 0.2) is 54.6 Å². The Morgan fingerprint density at radius 1 is 1.13 bits per heavy atom. The van der Waals surface area contributed by atoms with Gasteiger partial charge in [0.25, 0.3) is 0 Å². The van der Waals surface area contributed by atoms with Crippen LogP contribution < -0.4 is 0 Å². The fraction of sp³-hybridized carbons (Fsp3) is 0.481. The molecule has 2 aromatic carbocycles. The maximum atomic E-state index is 12.9. The molecule has 0 N–H and O–H groups in total. The zero-order valence-corrected chi connectivity index (χ0v) is 19.3. The number of carbonyl (C=O) groups excluding carboxylic acids is 1. The molecule has 1 aliphatic rings. The number of hydrogen-bond acceptors (Lipinski definition) is 3. The Labute approximate surface area is 187 Å². The molecule has 4 atom stereocenters. The minimum atomic E-state index is -0.122. The molecule has 4 heteroatoms. The van der Waals surface area contributed by atoms with E-state index < -0.39 is 0 Å². The first kappa shape index (κ1) is 23.0. The summed E-state index contributed by atoms with van der Waals surface area (Å²) in [7, 11) is 4.10. The van der Waals surface area contributed by atoms with Crippen molar-refractivity contribution in [3.63, 3.8) is 0 Å². The Balaban J connectivity index is 1.63. The van der Waals surface area contributed by atoms with Gasteiger partial charge in [0.2, 0.25) is 0 Å². The van der Waals surface area contributed by atoms with E-state index in [2.05, 4.69) is 44.2 Å². The minimum absolute atomic E-state index is 0.0265. The molecule has 0 aromatic heterocycles. The molecule has 0 unspecified atom stereocenters. The van der Waals surface area contributed by atoms with Gasteiger partial charge in [-0.1, -0.05) is 62.7 Å². The van der Waals surface area contributed by atoms with Crippen LogP contribution in [0.25, 0.3) is 0 Å². The normalized spacial score (nSPS) is 22.4. The SMILES string of the molecule is C[C@@H]1CC[C@@H]([C@H](C)c2ccccc2)[C@H](OC(=O)C[N+](C)(C)Cc2ccc(C#N)cc2)C1. The van der Waals surface area contributed by atoms with Gasteiger partial charge in [0.05, 0.1) is 25.7 Å². The second kappa shape index (κ2) is 10.1. The van der Waals surface area contributed by atoms with Gasteiger partial charge in [-0.3, -0.25) is 0 Å². The summed E-state index contributed by atoms with van der Waals surface area (Å²) < 4.78 is 6.65. The molecular weight excluding hydrogens is 384 g/mol. The topological polar surface area (TPSA) is 50.1 Å².